The molecule has 1 fully saturated rings. The van der Waals surface area contributed by atoms with E-state index in [1.807, 2.05) is 6.92 Å². The monoisotopic (exact) mass is 509 g/mol. The van der Waals surface area contributed by atoms with Gasteiger partial charge >= 0.3 is 0 Å². The first kappa shape index (κ1) is 25.2. The van der Waals surface area contributed by atoms with Crippen LogP contribution in [0.1, 0.15) is 18.9 Å². The second kappa shape index (κ2) is 11.3. The highest BCUT2D eigenvalue weighted by molar-refractivity contribution is 7.80. The number of rotatable bonds is 9. The van der Waals surface area contributed by atoms with Crippen LogP contribution in [0.25, 0.3) is 0 Å². The molecule has 4 rings (SSSR count). The van der Waals surface area contributed by atoms with Gasteiger partial charge in [0.25, 0.3) is 5.91 Å². The van der Waals surface area contributed by atoms with E-state index in [4.69, 9.17) is 17.0 Å². The third-order valence-electron chi connectivity index (χ3n) is 5.81. The molecule has 2 amide bonds. The largest absolute Gasteiger partial charge is 0.494 e. The Bertz CT molecular complexity index is 1250. The van der Waals surface area contributed by atoms with Crippen molar-refractivity contribution in [2.24, 2.45) is 0 Å². The van der Waals surface area contributed by atoms with E-state index in [0.29, 0.717) is 29.3 Å². The number of halogens is 2. The van der Waals surface area contributed by atoms with Gasteiger partial charge in [0.2, 0.25) is 5.91 Å². The number of benzene rings is 3. The Hall–Kier alpha value is -3.85. The zero-order chi connectivity index (χ0) is 25.7. The predicted octanol–water partition coefficient (Wildman–Crippen LogP) is 4.94. The summed E-state index contributed by atoms with van der Waals surface area (Å²) in [4.78, 5) is 29.3. The van der Waals surface area contributed by atoms with Gasteiger partial charge in [-0.15, -0.1) is 0 Å². The van der Waals surface area contributed by atoms with Gasteiger partial charge in [-0.05, 0) is 85.7 Å². The van der Waals surface area contributed by atoms with Gasteiger partial charge in [-0.2, -0.15) is 0 Å². The summed E-state index contributed by atoms with van der Waals surface area (Å²) in [5.74, 6) is -0.895. The Labute approximate surface area is 213 Å². The molecule has 0 aliphatic carbocycles. The van der Waals surface area contributed by atoms with Gasteiger partial charge in [-0.3, -0.25) is 14.5 Å². The molecule has 36 heavy (non-hydrogen) atoms. The van der Waals surface area contributed by atoms with Crippen LogP contribution in [-0.2, 0) is 16.0 Å². The Morgan fingerprint density at radius 3 is 2.39 bits per heavy atom. The number of hydrogen-bond acceptors (Lipinski definition) is 4. The van der Waals surface area contributed by atoms with Gasteiger partial charge in [-0.25, -0.2) is 8.78 Å². The molecule has 186 valence electrons. The maximum Gasteiger partial charge on any atom is 0.256 e. The van der Waals surface area contributed by atoms with Crippen LogP contribution in [-0.4, -0.2) is 41.0 Å². The average molecular weight is 510 g/mol. The number of ether oxygens (including phenoxy) is 1. The Morgan fingerprint density at radius 1 is 1.03 bits per heavy atom. The minimum absolute atomic E-state index is 0.166. The third-order valence-corrected chi connectivity index (χ3v) is 6.23. The van der Waals surface area contributed by atoms with Gasteiger partial charge < -0.3 is 15.0 Å². The number of thiocarbonyl (C=S) groups is 1. The predicted molar refractivity (Wildman–Crippen MR) is 138 cm³/mol. The first-order chi connectivity index (χ1) is 17.4. The van der Waals surface area contributed by atoms with Gasteiger partial charge in [0.15, 0.2) is 5.11 Å². The standard InChI is InChI=1S/C27H25F2N3O3S/c1-2-35-22-13-9-20(10-14-22)30-25(33)17-24-26(34)32(21-11-7-19(28)8-12-21)27(36)31(24)16-15-18-5-3-4-6-23(18)29/h3-14,24H,2,15-17H2,1H3,(H,30,33)/t24-/m0/s1. The highest BCUT2D eigenvalue weighted by Crippen LogP contribution is 2.28. The molecule has 3 aromatic carbocycles. The van der Waals surface area contributed by atoms with Gasteiger partial charge in [0.1, 0.15) is 23.4 Å². The first-order valence-corrected chi connectivity index (χ1v) is 11.9. The smallest absolute Gasteiger partial charge is 0.256 e. The van der Waals surface area contributed by atoms with Crippen molar-refractivity contribution in [2.75, 3.05) is 23.4 Å². The van der Waals surface area contributed by atoms with E-state index < -0.39 is 17.8 Å². The average Bonchev–Trinajstić information content (AvgIpc) is 3.09. The summed E-state index contributed by atoms with van der Waals surface area (Å²) in [7, 11) is 0. The quantitative estimate of drug-likeness (QED) is 0.414. The van der Waals surface area contributed by atoms with Gasteiger partial charge in [0.05, 0.1) is 18.7 Å². The third kappa shape index (κ3) is 5.68. The van der Waals surface area contributed by atoms with Crippen LogP contribution in [0.3, 0.4) is 0 Å². The van der Waals surface area contributed by atoms with Crippen LogP contribution >= 0.6 is 12.2 Å². The van der Waals surface area contributed by atoms with Crippen molar-refractivity contribution in [3.05, 3.63) is 90.0 Å². The fraction of sp³-hybridized carbons (Fsp3) is 0.222. The number of hydrogen-bond donors (Lipinski definition) is 1. The number of anilines is 2. The lowest BCUT2D eigenvalue weighted by atomic mass is 10.1. The minimum atomic E-state index is -0.892. The molecule has 1 N–H and O–H groups in total. The lowest BCUT2D eigenvalue weighted by Crippen LogP contribution is -2.39. The fourth-order valence-electron chi connectivity index (χ4n) is 4.05. The lowest BCUT2D eigenvalue weighted by molar-refractivity contribution is -0.124. The maximum absolute atomic E-state index is 14.2. The van der Waals surface area contributed by atoms with E-state index >= 15 is 0 Å². The second-order valence-corrected chi connectivity index (χ2v) is 8.56. The maximum atomic E-state index is 14.2. The molecule has 1 heterocycles. The van der Waals surface area contributed by atoms with Crippen molar-refractivity contribution in [2.45, 2.75) is 25.8 Å². The SMILES string of the molecule is CCOc1ccc(NC(=O)C[C@H]2C(=O)N(c3ccc(F)cc3)C(=S)N2CCc2ccccc2F)cc1. The van der Waals surface area contributed by atoms with E-state index in [1.54, 1.807) is 47.4 Å². The molecule has 0 aromatic heterocycles. The van der Waals surface area contributed by atoms with E-state index in [2.05, 4.69) is 5.32 Å². The minimum Gasteiger partial charge on any atom is -0.494 e. The molecule has 0 spiro atoms. The van der Waals surface area contributed by atoms with Gasteiger partial charge in [0, 0.05) is 12.2 Å². The van der Waals surface area contributed by atoms with E-state index in [1.165, 1.54) is 35.2 Å². The van der Waals surface area contributed by atoms with Crippen molar-refractivity contribution < 1.29 is 23.1 Å². The molecule has 1 saturated heterocycles. The Kier molecular flexibility index (Phi) is 7.90. The summed E-state index contributed by atoms with van der Waals surface area (Å²) in [6.07, 6.45) is 0.121. The summed E-state index contributed by atoms with van der Waals surface area (Å²) >= 11 is 5.60. The van der Waals surface area contributed by atoms with Crippen molar-refractivity contribution in [3.63, 3.8) is 0 Å². The normalized spacial score (nSPS) is 15.4. The van der Waals surface area contributed by atoms with Crippen LogP contribution in [0.2, 0.25) is 0 Å². The Balaban J connectivity index is 1.53. The molecule has 0 unspecified atom stereocenters. The molecule has 6 nitrogen and oxygen atoms in total. The topological polar surface area (TPSA) is 61.9 Å². The molecule has 0 bridgehead atoms. The van der Waals surface area contributed by atoms with E-state index in [9.17, 15) is 18.4 Å². The molecule has 0 radical (unpaired) electrons. The van der Waals surface area contributed by atoms with Crippen molar-refractivity contribution in [1.82, 2.24) is 4.90 Å². The number of carbonyl (C=O) groups is 2. The van der Waals surface area contributed by atoms with Crippen LogP contribution < -0.4 is 15.0 Å². The lowest BCUT2D eigenvalue weighted by Gasteiger charge is -2.24. The molecule has 3 aromatic rings. The molecule has 1 atom stereocenters. The molecule has 9 heteroatoms. The second-order valence-electron chi connectivity index (χ2n) is 8.19. The molecule has 0 saturated carbocycles. The van der Waals surface area contributed by atoms with Crippen molar-refractivity contribution in [1.29, 1.82) is 0 Å². The molecular weight excluding hydrogens is 484 g/mol. The van der Waals surface area contributed by atoms with Crippen LogP contribution in [0.15, 0.2) is 72.8 Å². The summed E-state index contributed by atoms with van der Waals surface area (Å²) in [6.45, 7) is 2.64. The Morgan fingerprint density at radius 2 is 1.72 bits per heavy atom. The molecule has 1 aliphatic heterocycles. The molecular formula is C27H25F2N3O3S. The van der Waals surface area contributed by atoms with Crippen LogP contribution in [0, 0.1) is 11.6 Å². The van der Waals surface area contributed by atoms with E-state index in [-0.39, 0.29) is 36.2 Å². The summed E-state index contributed by atoms with van der Waals surface area (Å²) in [6, 6.07) is 17.8. The van der Waals surface area contributed by atoms with Gasteiger partial charge in [-0.1, -0.05) is 18.2 Å². The van der Waals surface area contributed by atoms with Crippen molar-refractivity contribution in [3.8, 4) is 5.75 Å². The molecule has 1 aliphatic rings. The van der Waals surface area contributed by atoms with E-state index in [0.717, 1.165) is 0 Å². The zero-order valence-corrected chi connectivity index (χ0v) is 20.4. The fourth-order valence-corrected chi connectivity index (χ4v) is 4.46. The zero-order valence-electron chi connectivity index (χ0n) is 19.6. The first-order valence-electron chi connectivity index (χ1n) is 11.5. The van der Waals surface area contributed by atoms with Crippen LogP contribution in [0.4, 0.5) is 20.2 Å². The highest BCUT2D eigenvalue weighted by atomic mass is 32.1. The summed E-state index contributed by atoms with van der Waals surface area (Å²) < 4.78 is 33.1. The highest BCUT2D eigenvalue weighted by Gasteiger charge is 2.44. The number of carbonyl (C=O) groups excluding carboxylic acids is 2. The van der Waals surface area contributed by atoms with Crippen LogP contribution in [0.5, 0.6) is 5.75 Å². The summed E-state index contributed by atoms with van der Waals surface area (Å²) in [5.41, 5.74) is 1.44. The number of nitrogens with one attached hydrogen (secondary N) is 1. The number of nitrogens with zero attached hydrogens (tertiary/aromatic N) is 2. The van der Waals surface area contributed by atoms with Crippen molar-refractivity contribution >= 4 is 40.5 Å². The summed E-state index contributed by atoms with van der Waals surface area (Å²) in [5, 5.41) is 2.98. The number of amides is 2.